The summed E-state index contributed by atoms with van der Waals surface area (Å²) in [5.74, 6) is -0.662. The van der Waals surface area contributed by atoms with E-state index in [-0.39, 0.29) is 17.9 Å². The van der Waals surface area contributed by atoms with Crippen LogP contribution in [-0.4, -0.2) is 37.8 Å². The lowest BCUT2D eigenvalue weighted by Crippen LogP contribution is -2.38. The topological polar surface area (TPSA) is 97.1 Å². The number of pyridine rings is 1. The van der Waals surface area contributed by atoms with Crippen LogP contribution in [0.25, 0.3) is 11.0 Å². The Bertz CT molecular complexity index is 877. The zero-order valence-corrected chi connectivity index (χ0v) is 15.2. The Morgan fingerprint density at radius 2 is 1.88 bits per heavy atom. The van der Waals surface area contributed by atoms with Gasteiger partial charge in [-0.2, -0.15) is 5.10 Å². The maximum absolute atomic E-state index is 13.0. The number of carboxylic acid groups (broad SMARTS) is 1. The van der Waals surface area contributed by atoms with Crippen LogP contribution in [0.1, 0.15) is 66.2 Å². The second kappa shape index (κ2) is 6.37. The first-order valence-electron chi connectivity index (χ1n) is 9.32. The third kappa shape index (κ3) is 3.06. The Labute approximate surface area is 151 Å². The molecule has 2 aromatic heterocycles. The SMILES string of the molecule is Cc1nn(C)c2nc(C3CC3)cc(C(=O)NC3CCC(C(=O)O)CC3)c12. The van der Waals surface area contributed by atoms with E-state index in [9.17, 15) is 9.59 Å². The van der Waals surface area contributed by atoms with Gasteiger partial charge >= 0.3 is 5.97 Å². The minimum atomic E-state index is -0.731. The fraction of sp³-hybridized carbons (Fsp3) is 0.579. The number of aliphatic carboxylic acids is 1. The lowest BCUT2D eigenvalue weighted by atomic mass is 9.86. The average molecular weight is 356 g/mol. The van der Waals surface area contributed by atoms with Crippen molar-refractivity contribution in [1.82, 2.24) is 20.1 Å². The van der Waals surface area contributed by atoms with Crippen LogP contribution in [0.15, 0.2) is 6.07 Å². The fourth-order valence-electron chi connectivity index (χ4n) is 3.98. The van der Waals surface area contributed by atoms with E-state index in [2.05, 4.69) is 10.4 Å². The molecule has 2 N–H and O–H groups in total. The summed E-state index contributed by atoms with van der Waals surface area (Å²) in [5.41, 5.74) is 3.17. The van der Waals surface area contributed by atoms with Gasteiger partial charge in [-0.05, 0) is 51.5 Å². The third-order valence-electron chi connectivity index (χ3n) is 5.64. The first-order valence-corrected chi connectivity index (χ1v) is 9.32. The highest BCUT2D eigenvalue weighted by Gasteiger charge is 2.30. The van der Waals surface area contributed by atoms with Crippen LogP contribution in [-0.2, 0) is 11.8 Å². The van der Waals surface area contributed by atoms with Crippen molar-refractivity contribution < 1.29 is 14.7 Å². The van der Waals surface area contributed by atoms with Crippen LogP contribution in [0.2, 0.25) is 0 Å². The highest BCUT2D eigenvalue weighted by Crippen LogP contribution is 2.40. The minimum Gasteiger partial charge on any atom is -0.481 e. The van der Waals surface area contributed by atoms with Crippen molar-refractivity contribution in [3.8, 4) is 0 Å². The summed E-state index contributed by atoms with van der Waals surface area (Å²) in [5, 5.41) is 17.5. The molecule has 2 fully saturated rings. The van der Waals surface area contributed by atoms with Gasteiger partial charge in [-0.15, -0.1) is 0 Å². The Kier molecular flexibility index (Phi) is 4.17. The summed E-state index contributed by atoms with van der Waals surface area (Å²) in [7, 11) is 1.86. The monoisotopic (exact) mass is 356 g/mol. The van der Waals surface area contributed by atoms with E-state index in [1.54, 1.807) is 4.68 Å². The molecule has 0 radical (unpaired) electrons. The van der Waals surface area contributed by atoms with Gasteiger partial charge in [0.1, 0.15) is 0 Å². The quantitative estimate of drug-likeness (QED) is 0.877. The summed E-state index contributed by atoms with van der Waals surface area (Å²) in [6, 6.07) is 1.95. The molecule has 7 nitrogen and oxygen atoms in total. The molecule has 4 rings (SSSR count). The fourth-order valence-corrected chi connectivity index (χ4v) is 3.98. The van der Waals surface area contributed by atoms with Gasteiger partial charge in [0.2, 0.25) is 0 Å². The molecule has 0 spiro atoms. The van der Waals surface area contributed by atoms with Crippen LogP contribution in [0.3, 0.4) is 0 Å². The molecule has 26 heavy (non-hydrogen) atoms. The normalized spacial score (nSPS) is 23.2. The molecule has 0 unspecified atom stereocenters. The van der Waals surface area contributed by atoms with E-state index >= 15 is 0 Å². The van der Waals surface area contributed by atoms with Gasteiger partial charge in [-0.1, -0.05) is 0 Å². The largest absolute Gasteiger partial charge is 0.481 e. The number of aryl methyl sites for hydroxylation is 2. The highest BCUT2D eigenvalue weighted by molar-refractivity contribution is 6.06. The number of hydrogen-bond donors (Lipinski definition) is 2. The number of aromatic nitrogens is 3. The molecule has 2 saturated carbocycles. The van der Waals surface area contributed by atoms with Gasteiger partial charge in [-0.25, -0.2) is 4.98 Å². The molecule has 2 aromatic rings. The van der Waals surface area contributed by atoms with E-state index < -0.39 is 5.97 Å². The number of carbonyl (C=O) groups excluding carboxylic acids is 1. The Morgan fingerprint density at radius 3 is 2.50 bits per heavy atom. The van der Waals surface area contributed by atoms with Crippen LogP contribution in [0.5, 0.6) is 0 Å². The van der Waals surface area contributed by atoms with Gasteiger partial charge in [0.05, 0.1) is 22.6 Å². The number of amides is 1. The Balaban J connectivity index is 1.59. The maximum atomic E-state index is 13.0. The van der Waals surface area contributed by atoms with E-state index in [1.165, 1.54) is 0 Å². The number of nitrogens with one attached hydrogen (secondary N) is 1. The average Bonchev–Trinajstić information content (AvgIpc) is 3.42. The van der Waals surface area contributed by atoms with Crippen molar-refractivity contribution in [2.75, 3.05) is 0 Å². The van der Waals surface area contributed by atoms with E-state index in [0.717, 1.165) is 35.3 Å². The highest BCUT2D eigenvalue weighted by atomic mass is 16.4. The summed E-state index contributed by atoms with van der Waals surface area (Å²) >= 11 is 0. The Morgan fingerprint density at radius 1 is 1.19 bits per heavy atom. The van der Waals surface area contributed by atoms with E-state index in [0.29, 0.717) is 37.2 Å². The van der Waals surface area contributed by atoms with E-state index in [4.69, 9.17) is 10.1 Å². The van der Waals surface area contributed by atoms with Gasteiger partial charge in [0.15, 0.2) is 5.65 Å². The minimum absolute atomic E-state index is 0.0302. The third-order valence-corrected chi connectivity index (χ3v) is 5.64. The van der Waals surface area contributed by atoms with Crippen molar-refractivity contribution in [2.24, 2.45) is 13.0 Å². The molecule has 0 aromatic carbocycles. The zero-order valence-electron chi connectivity index (χ0n) is 15.2. The lowest BCUT2D eigenvalue weighted by Gasteiger charge is -2.27. The molecule has 0 atom stereocenters. The molecular weight excluding hydrogens is 332 g/mol. The molecule has 0 bridgehead atoms. The standard InChI is InChI=1S/C19H24N4O3/c1-10-16-14(9-15(11-3-4-11)21-17(16)23(2)22-10)18(24)20-13-7-5-12(6-8-13)19(25)26/h9,11-13H,3-8H2,1-2H3,(H,20,24)(H,25,26). The van der Waals surface area contributed by atoms with E-state index in [1.807, 2.05) is 20.0 Å². The van der Waals surface area contributed by atoms with Crippen LogP contribution in [0.4, 0.5) is 0 Å². The number of carboxylic acids is 1. The van der Waals surface area contributed by atoms with Crippen molar-refractivity contribution in [2.45, 2.75) is 57.4 Å². The molecule has 1 amide bonds. The maximum Gasteiger partial charge on any atom is 0.306 e. The summed E-state index contributed by atoms with van der Waals surface area (Å²) < 4.78 is 1.74. The summed E-state index contributed by atoms with van der Waals surface area (Å²) in [6.45, 7) is 1.90. The van der Waals surface area contributed by atoms with Crippen molar-refractivity contribution in [1.29, 1.82) is 0 Å². The number of nitrogens with zero attached hydrogens (tertiary/aromatic N) is 3. The number of hydrogen-bond acceptors (Lipinski definition) is 4. The Hall–Kier alpha value is -2.44. The number of fused-ring (bicyclic) bond motifs is 1. The predicted molar refractivity (Wildman–Crippen MR) is 96.1 cm³/mol. The van der Waals surface area contributed by atoms with Gasteiger partial charge < -0.3 is 10.4 Å². The van der Waals surface area contributed by atoms with Gasteiger partial charge in [0, 0.05) is 24.7 Å². The predicted octanol–water partition coefficient (Wildman–Crippen LogP) is 2.53. The first kappa shape index (κ1) is 17.0. The van der Waals surface area contributed by atoms with Crippen molar-refractivity contribution >= 4 is 22.9 Å². The lowest BCUT2D eigenvalue weighted by molar-refractivity contribution is -0.142. The second-order valence-corrected chi connectivity index (χ2v) is 7.64. The molecular formula is C19H24N4O3. The summed E-state index contributed by atoms with van der Waals surface area (Å²) in [4.78, 5) is 28.8. The number of rotatable bonds is 4. The summed E-state index contributed by atoms with van der Waals surface area (Å²) in [6.07, 6.45) is 4.89. The number of carbonyl (C=O) groups is 2. The van der Waals surface area contributed by atoms with Crippen molar-refractivity contribution in [3.05, 3.63) is 23.0 Å². The molecule has 2 aliphatic rings. The first-order chi connectivity index (χ1) is 12.4. The molecule has 2 aliphatic carbocycles. The zero-order chi connectivity index (χ0) is 18.4. The van der Waals surface area contributed by atoms with Crippen LogP contribution in [0, 0.1) is 12.8 Å². The van der Waals surface area contributed by atoms with Gasteiger partial charge in [0.25, 0.3) is 5.91 Å². The second-order valence-electron chi connectivity index (χ2n) is 7.64. The molecule has 2 heterocycles. The molecule has 0 saturated heterocycles. The van der Waals surface area contributed by atoms with Crippen LogP contribution >= 0.6 is 0 Å². The molecule has 138 valence electrons. The van der Waals surface area contributed by atoms with Crippen molar-refractivity contribution in [3.63, 3.8) is 0 Å². The smallest absolute Gasteiger partial charge is 0.306 e. The molecule has 7 heteroatoms. The van der Waals surface area contributed by atoms with Crippen LogP contribution < -0.4 is 5.32 Å². The molecule has 0 aliphatic heterocycles. The van der Waals surface area contributed by atoms with Gasteiger partial charge in [-0.3, -0.25) is 14.3 Å².